The fourth-order valence-electron chi connectivity index (χ4n) is 1.83. The minimum atomic E-state index is 0.241. The highest BCUT2D eigenvalue weighted by Crippen LogP contribution is 2.35. The summed E-state index contributed by atoms with van der Waals surface area (Å²) in [5.74, 6) is 0. The molecule has 1 aliphatic rings. The van der Waals surface area contributed by atoms with Gasteiger partial charge in [-0.1, -0.05) is 30.3 Å². The molecule has 1 aromatic carbocycles. The summed E-state index contributed by atoms with van der Waals surface area (Å²) in [7, 11) is 2.10. The van der Waals surface area contributed by atoms with Crippen LogP contribution in [0.25, 0.3) is 0 Å². The minimum absolute atomic E-state index is 0.241. The average molecular weight is 235 g/mol. The molecule has 1 atom stereocenters. The topological polar surface area (TPSA) is 23.5 Å². The molecule has 1 N–H and O–H groups in total. The molecule has 0 bridgehead atoms. The van der Waals surface area contributed by atoms with Gasteiger partial charge < -0.3 is 10.0 Å². The van der Waals surface area contributed by atoms with E-state index in [4.69, 9.17) is 5.11 Å². The lowest BCUT2D eigenvalue weighted by molar-refractivity contribution is 0.301. The number of thioether (sulfide) groups is 1. The highest BCUT2D eigenvalue weighted by molar-refractivity contribution is 8.03. The summed E-state index contributed by atoms with van der Waals surface area (Å²) in [5.41, 5.74) is 1.37. The van der Waals surface area contributed by atoms with E-state index in [0.717, 1.165) is 12.8 Å². The van der Waals surface area contributed by atoms with Crippen LogP contribution in [0.5, 0.6) is 0 Å². The molecule has 0 aromatic heterocycles. The Balaban J connectivity index is 1.94. The van der Waals surface area contributed by atoms with Crippen molar-refractivity contribution in [3.63, 3.8) is 0 Å². The number of nitrogens with zero attached hydrogens (tertiary/aromatic N) is 1. The fraction of sp³-hybridized carbons (Fsp3) is 0.385. The van der Waals surface area contributed by atoms with Crippen LogP contribution in [-0.2, 0) is 6.42 Å². The smallest absolute Gasteiger partial charge is 0.0826 e. The lowest BCUT2D eigenvalue weighted by Gasteiger charge is -2.19. The van der Waals surface area contributed by atoms with Crippen LogP contribution >= 0.6 is 11.8 Å². The summed E-state index contributed by atoms with van der Waals surface area (Å²) >= 11 is 1.87. The predicted octanol–water partition coefficient (Wildman–Crippen LogP) is 2.46. The maximum absolute atomic E-state index is 8.92. The standard InChI is InChI=1S/C13H17NOS/c1-14-10-12(7-8-15)16-13(14)9-11-5-3-2-4-6-11/h2-6,10,13,15H,7-9H2,1H3. The molecule has 1 aromatic rings. The van der Waals surface area contributed by atoms with Crippen molar-refractivity contribution in [1.82, 2.24) is 4.90 Å². The SMILES string of the molecule is CN1C=C(CCO)SC1Cc1ccccc1. The van der Waals surface area contributed by atoms with Crippen LogP contribution in [0.1, 0.15) is 12.0 Å². The Morgan fingerprint density at radius 3 is 2.75 bits per heavy atom. The molecule has 0 saturated heterocycles. The first-order chi connectivity index (χ1) is 7.79. The summed E-state index contributed by atoms with van der Waals surface area (Å²) in [6, 6.07) is 10.5. The Labute approximate surface area is 101 Å². The van der Waals surface area contributed by atoms with Crippen LogP contribution in [0.2, 0.25) is 0 Å². The van der Waals surface area contributed by atoms with Gasteiger partial charge in [-0.05, 0) is 5.56 Å². The van der Waals surface area contributed by atoms with Crippen LogP contribution in [0, 0.1) is 0 Å². The fourth-order valence-corrected chi connectivity index (χ4v) is 3.12. The maximum atomic E-state index is 8.92. The van der Waals surface area contributed by atoms with Gasteiger partial charge in [0.15, 0.2) is 0 Å². The van der Waals surface area contributed by atoms with Gasteiger partial charge in [-0.3, -0.25) is 0 Å². The van der Waals surface area contributed by atoms with E-state index in [1.807, 2.05) is 17.8 Å². The summed E-state index contributed by atoms with van der Waals surface area (Å²) in [6.07, 6.45) is 3.97. The van der Waals surface area contributed by atoms with Crippen molar-refractivity contribution in [3.8, 4) is 0 Å². The third kappa shape index (κ3) is 2.80. The molecule has 0 amide bonds. The van der Waals surface area contributed by atoms with E-state index in [0.29, 0.717) is 5.37 Å². The van der Waals surface area contributed by atoms with E-state index >= 15 is 0 Å². The van der Waals surface area contributed by atoms with E-state index in [2.05, 4.69) is 42.4 Å². The van der Waals surface area contributed by atoms with E-state index < -0.39 is 0 Å². The highest BCUT2D eigenvalue weighted by Gasteiger charge is 2.22. The summed E-state index contributed by atoms with van der Waals surface area (Å²) in [5, 5.41) is 9.39. The summed E-state index contributed by atoms with van der Waals surface area (Å²) < 4.78 is 0. The van der Waals surface area contributed by atoms with Gasteiger partial charge in [-0.15, -0.1) is 11.8 Å². The van der Waals surface area contributed by atoms with E-state index in [-0.39, 0.29) is 6.61 Å². The van der Waals surface area contributed by atoms with Gasteiger partial charge in [0, 0.05) is 37.6 Å². The molecule has 0 aliphatic carbocycles. The largest absolute Gasteiger partial charge is 0.396 e. The molecule has 2 nitrogen and oxygen atoms in total. The van der Waals surface area contributed by atoms with E-state index in [9.17, 15) is 0 Å². The van der Waals surface area contributed by atoms with Gasteiger partial charge >= 0.3 is 0 Å². The van der Waals surface area contributed by atoms with Crippen molar-refractivity contribution in [3.05, 3.63) is 47.0 Å². The zero-order valence-corrected chi connectivity index (χ0v) is 10.3. The van der Waals surface area contributed by atoms with E-state index in [1.54, 1.807) is 0 Å². The normalized spacial score (nSPS) is 20.0. The first kappa shape index (κ1) is 11.6. The Hall–Kier alpha value is -0.930. The molecule has 0 spiro atoms. The van der Waals surface area contributed by atoms with Crippen molar-refractivity contribution in [2.24, 2.45) is 0 Å². The third-order valence-electron chi connectivity index (χ3n) is 2.70. The molecule has 0 fully saturated rings. The Morgan fingerprint density at radius 1 is 1.31 bits per heavy atom. The third-order valence-corrected chi connectivity index (χ3v) is 4.08. The quantitative estimate of drug-likeness (QED) is 0.867. The predicted molar refractivity (Wildman–Crippen MR) is 69.1 cm³/mol. The van der Waals surface area contributed by atoms with Crippen molar-refractivity contribution >= 4 is 11.8 Å². The zero-order chi connectivity index (χ0) is 11.4. The molecular formula is C13H17NOS. The molecule has 0 saturated carbocycles. The second-order valence-electron chi connectivity index (χ2n) is 4.00. The Morgan fingerprint density at radius 2 is 2.06 bits per heavy atom. The lowest BCUT2D eigenvalue weighted by Crippen LogP contribution is -2.21. The second kappa shape index (κ2) is 5.41. The highest BCUT2D eigenvalue weighted by atomic mass is 32.2. The number of aliphatic hydroxyl groups is 1. The molecule has 3 heteroatoms. The first-order valence-corrected chi connectivity index (χ1v) is 6.41. The van der Waals surface area contributed by atoms with Gasteiger partial charge in [-0.2, -0.15) is 0 Å². The molecule has 1 unspecified atom stereocenters. The van der Waals surface area contributed by atoms with E-state index in [1.165, 1.54) is 10.5 Å². The van der Waals surface area contributed by atoms with Crippen molar-refractivity contribution in [2.45, 2.75) is 18.2 Å². The monoisotopic (exact) mass is 235 g/mol. The maximum Gasteiger partial charge on any atom is 0.0826 e. The summed E-state index contributed by atoms with van der Waals surface area (Å²) in [4.78, 5) is 3.52. The van der Waals surface area contributed by atoms with Crippen LogP contribution < -0.4 is 0 Å². The second-order valence-corrected chi connectivity index (χ2v) is 5.30. The average Bonchev–Trinajstić information content (AvgIpc) is 2.61. The number of likely N-dealkylation sites (N-methyl/N-ethyl adjacent to an activating group) is 1. The molecule has 86 valence electrons. The molecule has 1 aliphatic heterocycles. The van der Waals surface area contributed by atoms with Crippen LogP contribution in [0.3, 0.4) is 0 Å². The molecule has 0 radical (unpaired) electrons. The van der Waals surface area contributed by atoms with Crippen molar-refractivity contribution < 1.29 is 5.11 Å². The number of benzene rings is 1. The van der Waals surface area contributed by atoms with Gasteiger partial charge in [-0.25, -0.2) is 0 Å². The van der Waals surface area contributed by atoms with Crippen molar-refractivity contribution in [1.29, 1.82) is 0 Å². The molecule has 1 heterocycles. The number of hydrogen-bond acceptors (Lipinski definition) is 3. The lowest BCUT2D eigenvalue weighted by atomic mass is 10.1. The van der Waals surface area contributed by atoms with Gasteiger partial charge in [0.05, 0.1) is 5.37 Å². The minimum Gasteiger partial charge on any atom is -0.396 e. The Bertz CT molecular complexity index is 363. The number of hydrogen-bond donors (Lipinski definition) is 1. The van der Waals surface area contributed by atoms with Crippen LogP contribution in [-0.4, -0.2) is 29.0 Å². The zero-order valence-electron chi connectivity index (χ0n) is 9.47. The summed E-state index contributed by atoms with van der Waals surface area (Å²) in [6.45, 7) is 0.241. The van der Waals surface area contributed by atoms with Gasteiger partial charge in [0.25, 0.3) is 0 Å². The van der Waals surface area contributed by atoms with Crippen LogP contribution in [0.15, 0.2) is 41.4 Å². The van der Waals surface area contributed by atoms with Crippen molar-refractivity contribution in [2.75, 3.05) is 13.7 Å². The molecular weight excluding hydrogens is 218 g/mol. The van der Waals surface area contributed by atoms with Gasteiger partial charge in [0.1, 0.15) is 0 Å². The first-order valence-electron chi connectivity index (χ1n) is 5.53. The van der Waals surface area contributed by atoms with Gasteiger partial charge in [0.2, 0.25) is 0 Å². The molecule has 2 rings (SSSR count). The number of rotatable bonds is 4. The Kier molecular flexibility index (Phi) is 3.91. The molecule has 16 heavy (non-hydrogen) atoms. The van der Waals surface area contributed by atoms with Crippen LogP contribution in [0.4, 0.5) is 0 Å². The number of aliphatic hydroxyl groups excluding tert-OH is 1.